The number of amides is 1. The van der Waals surface area contributed by atoms with Crippen molar-refractivity contribution in [2.75, 3.05) is 11.5 Å². The molecule has 0 aromatic heterocycles. The van der Waals surface area contributed by atoms with Gasteiger partial charge in [0.2, 0.25) is 5.91 Å². The lowest BCUT2D eigenvalue weighted by Crippen LogP contribution is -2.46. The molecular formula is C17H23NO3S2. The molecule has 126 valence electrons. The minimum atomic E-state index is -2.96. The number of rotatable bonds is 6. The maximum Gasteiger partial charge on any atom is 0.235 e. The number of carbonyl (C=O) groups excluding carboxylic acids is 1. The zero-order chi connectivity index (χ0) is 16.4. The van der Waals surface area contributed by atoms with Gasteiger partial charge < -0.3 is 4.90 Å². The fourth-order valence-corrected chi connectivity index (χ4v) is 5.69. The van der Waals surface area contributed by atoms with E-state index in [-0.39, 0.29) is 34.7 Å². The van der Waals surface area contributed by atoms with Crippen LogP contribution in [0.3, 0.4) is 0 Å². The highest BCUT2D eigenvalue weighted by Crippen LogP contribution is 2.34. The van der Waals surface area contributed by atoms with Crippen molar-refractivity contribution in [3.63, 3.8) is 0 Å². The highest BCUT2D eigenvalue weighted by Gasteiger charge is 2.43. The Hall–Kier alpha value is -1.01. The van der Waals surface area contributed by atoms with E-state index in [0.717, 1.165) is 18.6 Å². The van der Waals surface area contributed by atoms with Crippen LogP contribution in [-0.2, 0) is 20.4 Å². The quantitative estimate of drug-likeness (QED) is 0.788. The molecule has 1 saturated carbocycles. The van der Waals surface area contributed by atoms with Crippen LogP contribution in [0.1, 0.15) is 31.7 Å². The fourth-order valence-electron chi connectivity index (χ4n) is 3.08. The predicted molar refractivity (Wildman–Crippen MR) is 94.1 cm³/mol. The summed E-state index contributed by atoms with van der Waals surface area (Å²) in [6.07, 6.45) is 2.62. The lowest BCUT2D eigenvalue weighted by Gasteiger charge is -2.30. The van der Waals surface area contributed by atoms with Crippen molar-refractivity contribution < 1.29 is 13.2 Å². The van der Waals surface area contributed by atoms with Crippen LogP contribution in [-0.4, -0.2) is 48.1 Å². The van der Waals surface area contributed by atoms with Gasteiger partial charge in [-0.3, -0.25) is 4.79 Å². The van der Waals surface area contributed by atoms with Gasteiger partial charge in [0.05, 0.1) is 16.8 Å². The SMILES string of the molecule is CC(SCc1ccccc1)C(=O)N(C1CC1)C1CCS(=O)(=O)C1. The molecule has 23 heavy (non-hydrogen) atoms. The normalized spacial score (nSPS) is 24.3. The summed E-state index contributed by atoms with van der Waals surface area (Å²) in [5.41, 5.74) is 1.21. The van der Waals surface area contributed by atoms with Crippen molar-refractivity contribution in [1.82, 2.24) is 4.90 Å². The summed E-state index contributed by atoms with van der Waals surface area (Å²) in [7, 11) is -2.96. The van der Waals surface area contributed by atoms with E-state index in [1.54, 1.807) is 11.8 Å². The molecule has 3 rings (SSSR count). The second-order valence-corrected chi connectivity index (χ2v) is 10.0. The molecule has 1 heterocycles. The average Bonchev–Trinajstić information content (AvgIpc) is 3.29. The van der Waals surface area contributed by atoms with Crippen LogP contribution < -0.4 is 0 Å². The molecule has 1 aromatic rings. The molecule has 0 radical (unpaired) electrons. The third-order valence-corrected chi connectivity index (χ3v) is 7.44. The van der Waals surface area contributed by atoms with E-state index < -0.39 is 9.84 Å². The molecule has 1 saturated heterocycles. The first-order valence-corrected chi connectivity index (χ1v) is 11.0. The molecule has 0 N–H and O–H groups in total. The second kappa shape index (κ2) is 6.85. The van der Waals surface area contributed by atoms with Gasteiger partial charge in [-0.25, -0.2) is 8.42 Å². The summed E-state index contributed by atoms with van der Waals surface area (Å²) < 4.78 is 23.5. The Bertz CT molecular complexity index is 656. The molecule has 1 amide bonds. The predicted octanol–water partition coefficient (Wildman–Crippen LogP) is 2.49. The van der Waals surface area contributed by atoms with Crippen LogP contribution >= 0.6 is 11.8 Å². The minimum absolute atomic E-state index is 0.107. The van der Waals surface area contributed by atoms with E-state index in [1.807, 2.05) is 30.0 Å². The Morgan fingerprint density at radius 3 is 2.48 bits per heavy atom. The lowest BCUT2D eigenvalue weighted by molar-refractivity contribution is -0.132. The van der Waals surface area contributed by atoms with Gasteiger partial charge in [0.15, 0.2) is 9.84 Å². The van der Waals surface area contributed by atoms with Crippen molar-refractivity contribution in [2.45, 2.75) is 49.3 Å². The molecule has 2 unspecified atom stereocenters. The molecule has 0 spiro atoms. The summed E-state index contributed by atoms with van der Waals surface area (Å²) in [5, 5.41) is -0.140. The van der Waals surface area contributed by atoms with Gasteiger partial charge >= 0.3 is 0 Å². The standard InChI is InChI=1S/C17H23NO3S2/c1-13(22-11-14-5-3-2-4-6-14)17(19)18(15-7-8-15)16-9-10-23(20,21)12-16/h2-6,13,15-16H,7-12H2,1H3. The first kappa shape index (κ1) is 16.8. The first-order chi connectivity index (χ1) is 11.0. The van der Waals surface area contributed by atoms with Gasteiger partial charge in [0.25, 0.3) is 0 Å². The smallest absolute Gasteiger partial charge is 0.235 e. The molecule has 2 fully saturated rings. The van der Waals surface area contributed by atoms with Crippen molar-refractivity contribution in [2.24, 2.45) is 0 Å². The van der Waals surface area contributed by atoms with Crippen molar-refractivity contribution in [3.8, 4) is 0 Å². The van der Waals surface area contributed by atoms with Gasteiger partial charge in [-0.15, -0.1) is 11.8 Å². The summed E-state index contributed by atoms with van der Waals surface area (Å²) in [6, 6.07) is 10.3. The second-order valence-electron chi connectivity index (χ2n) is 6.47. The van der Waals surface area contributed by atoms with Gasteiger partial charge in [-0.05, 0) is 31.7 Å². The number of hydrogen-bond donors (Lipinski definition) is 0. The number of benzene rings is 1. The summed E-state index contributed by atoms with van der Waals surface area (Å²) >= 11 is 1.63. The van der Waals surface area contributed by atoms with Crippen LogP contribution in [0.5, 0.6) is 0 Å². The Morgan fingerprint density at radius 1 is 1.22 bits per heavy atom. The number of nitrogens with zero attached hydrogens (tertiary/aromatic N) is 1. The number of thioether (sulfide) groups is 1. The molecule has 0 bridgehead atoms. The molecule has 4 nitrogen and oxygen atoms in total. The van der Waals surface area contributed by atoms with Gasteiger partial charge in [0, 0.05) is 17.8 Å². The Balaban J connectivity index is 1.62. The van der Waals surface area contributed by atoms with Crippen LogP contribution in [0.15, 0.2) is 30.3 Å². The Morgan fingerprint density at radius 2 is 1.91 bits per heavy atom. The number of carbonyl (C=O) groups is 1. The molecule has 1 aromatic carbocycles. The van der Waals surface area contributed by atoms with Gasteiger partial charge in [-0.2, -0.15) is 0 Å². The third-order valence-electron chi connectivity index (χ3n) is 4.49. The van der Waals surface area contributed by atoms with Crippen molar-refractivity contribution >= 4 is 27.5 Å². The van der Waals surface area contributed by atoms with Crippen LogP contribution in [0.4, 0.5) is 0 Å². The van der Waals surface area contributed by atoms with E-state index in [2.05, 4.69) is 12.1 Å². The van der Waals surface area contributed by atoms with Crippen LogP contribution in [0.25, 0.3) is 0 Å². The van der Waals surface area contributed by atoms with Crippen LogP contribution in [0.2, 0.25) is 0 Å². The third kappa shape index (κ3) is 4.29. The van der Waals surface area contributed by atoms with Crippen molar-refractivity contribution in [1.29, 1.82) is 0 Å². The van der Waals surface area contributed by atoms with Crippen LogP contribution in [0, 0.1) is 0 Å². The molecular weight excluding hydrogens is 330 g/mol. The molecule has 6 heteroatoms. The zero-order valence-corrected chi connectivity index (χ0v) is 15.0. The first-order valence-electron chi connectivity index (χ1n) is 8.14. The Kier molecular flexibility index (Phi) is 5.01. The molecule has 1 aliphatic heterocycles. The molecule has 2 atom stereocenters. The van der Waals surface area contributed by atoms with E-state index in [1.165, 1.54) is 5.56 Å². The molecule has 2 aliphatic rings. The van der Waals surface area contributed by atoms with E-state index in [9.17, 15) is 13.2 Å². The summed E-state index contributed by atoms with van der Waals surface area (Å²) in [5.74, 6) is 1.27. The summed E-state index contributed by atoms with van der Waals surface area (Å²) in [6.45, 7) is 1.94. The fraction of sp³-hybridized carbons (Fsp3) is 0.588. The highest BCUT2D eigenvalue weighted by molar-refractivity contribution is 7.99. The lowest BCUT2D eigenvalue weighted by atomic mass is 10.2. The Labute approximate surface area is 142 Å². The van der Waals surface area contributed by atoms with Gasteiger partial charge in [0.1, 0.15) is 0 Å². The van der Waals surface area contributed by atoms with Crippen molar-refractivity contribution in [3.05, 3.63) is 35.9 Å². The van der Waals surface area contributed by atoms with E-state index in [4.69, 9.17) is 0 Å². The van der Waals surface area contributed by atoms with Gasteiger partial charge in [-0.1, -0.05) is 30.3 Å². The zero-order valence-electron chi connectivity index (χ0n) is 13.3. The summed E-state index contributed by atoms with van der Waals surface area (Å²) in [4.78, 5) is 14.8. The number of hydrogen-bond acceptors (Lipinski definition) is 4. The van der Waals surface area contributed by atoms with E-state index >= 15 is 0 Å². The van der Waals surface area contributed by atoms with E-state index in [0.29, 0.717) is 6.42 Å². The topological polar surface area (TPSA) is 54.5 Å². The number of sulfone groups is 1. The largest absolute Gasteiger partial charge is 0.335 e. The maximum absolute atomic E-state index is 12.9. The molecule has 1 aliphatic carbocycles. The monoisotopic (exact) mass is 353 g/mol. The maximum atomic E-state index is 12.9. The average molecular weight is 354 g/mol. The minimum Gasteiger partial charge on any atom is -0.335 e. The highest BCUT2D eigenvalue weighted by atomic mass is 32.2.